The van der Waals surface area contributed by atoms with Crippen LogP contribution in [0.1, 0.15) is 66.6 Å². The summed E-state index contributed by atoms with van der Waals surface area (Å²) in [6, 6.07) is 0. The number of carbonyl (C=O) groups excluding carboxylic acids is 2. The van der Waals surface area contributed by atoms with E-state index in [1.165, 1.54) is 28.9 Å². The van der Waals surface area contributed by atoms with Gasteiger partial charge in [0.2, 0.25) is 22.1 Å². The van der Waals surface area contributed by atoms with E-state index in [0.717, 1.165) is 35.7 Å². The first kappa shape index (κ1) is 26.3. The molecule has 0 unspecified atom stereocenters. The minimum absolute atomic E-state index is 0.0515. The predicted octanol–water partition coefficient (Wildman–Crippen LogP) is 3.76. The number of aliphatic imine (C=N–C) groups is 2. The molecule has 2 amide bonds. The third-order valence-electron chi connectivity index (χ3n) is 5.62. The topological polar surface area (TPSA) is 160 Å². The second-order valence-corrected chi connectivity index (χ2v) is 10.3. The van der Waals surface area contributed by atoms with Crippen LogP contribution in [-0.4, -0.2) is 55.1 Å². The third kappa shape index (κ3) is 7.60. The molecule has 4 rings (SSSR count). The highest BCUT2D eigenvalue weighted by Gasteiger charge is 2.29. The molecule has 0 bridgehead atoms. The molecule has 1 aliphatic carbocycles. The lowest BCUT2D eigenvalue weighted by atomic mass is 9.82. The lowest BCUT2D eigenvalue weighted by Gasteiger charge is -2.25. The summed E-state index contributed by atoms with van der Waals surface area (Å²) in [7, 11) is 0. The van der Waals surface area contributed by atoms with E-state index in [9.17, 15) is 9.59 Å². The second kappa shape index (κ2) is 13.0. The van der Waals surface area contributed by atoms with Crippen LogP contribution in [0.3, 0.4) is 0 Å². The molecule has 3 aromatic rings. The third-order valence-corrected chi connectivity index (χ3v) is 7.62. The van der Waals surface area contributed by atoms with E-state index < -0.39 is 0 Å². The number of nitrogens with zero attached hydrogens (tertiary/aromatic N) is 8. The summed E-state index contributed by atoms with van der Waals surface area (Å²) in [5.41, 5.74) is 1.06. The first-order valence-electron chi connectivity index (χ1n) is 11.7. The van der Waals surface area contributed by atoms with Crippen molar-refractivity contribution in [3.05, 3.63) is 46.2 Å². The van der Waals surface area contributed by atoms with Crippen LogP contribution >= 0.6 is 22.7 Å². The van der Waals surface area contributed by atoms with Crippen LogP contribution in [0.4, 0.5) is 10.3 Å². The van der Waals surface area contributed by atoms with Crippen molar-refractivity contribution in [3.63, 3.8) is 0 Å². The number of aromatic nitrogens is 6. The highest BCUT2D eigenvalue weighted by molar-refractivity contribution is 7.15. The molecule has 0 aliphatic heterocycles. The fourth-order valence-corrected chi connectivity index (χ4v) is 5.73. The molecule has 1 saturated carbocycles. The van der Waals surface area contributed by atoms with Gasteiger partial charge in [0.15, 0.2) is 0 Å². The number of carbonyl (C=O) groups is 2. The van der Waals surface area contributed by atoms with Crippen LogP contribution in [0.25, 0.3) is 0 Å². The van der Waals surface area contributed by atoms with Crippen LogP contribution in [0.15, 0.2) is 40.5 Å². The molecule has 0 spiro atoms. The Hall–Kier alpha value is -3.78. The van der Waals surface area contributed by atoms with E-state index in [4.69, 9.17) is 0 Å². The Balaban J connectivity index is 1.32. The summed E-state index contributed by atoms with van der Waals surface area (Å²) < 4.78 is 0. The Morgan fingerprint density at radius 1 is 1.05 bits per heavy atom. The molecule has 3 heterocycles. The minimum atomic E-state index is -0.253. The van der Waals surface area contributed by atoms with Crippen molar-refractivity contribution < 1.29 is 9.59 Å². The number of hydrogen-bond acceptors (Lipinski definition) is 12. The number of anilines is 2. The lowest BCUT2D eigenvalue weighted by Crippen LogP contribution is -2.15. The number of amides is 2. The largest absolute Gasteiger partial charge is 0.300 e. The van der Waals surface area contributed by atoms with E-state index in [1.807, 2.05) is 0 Å². The van der Waals surface area contributed by atoms with Crippen molar-refractivity contribution in [2.75, 3.05) is 10.6 Å². The number of hydrogen-bond donors (Lipinski definition) is 2. The van der Waals surface area contributed by atoms with Gasteiger partial charge in [0.25, 0.3) is 0 Å². The Kier molecular flexibility index (Phi) is 9.21. The van der Waals surface area contributed by atoms with Gasteiger partial charge in [0, 0.05) is 42.8 Å². The fourth-order valence-electron chi connectivity index (χ4n) is 3.92. The summed E-state index contributed by atoms with van der Waals surface area (Å²) in [6.45, 7) is 5.25. The molecule has 0 saturated heterocycles. The second-order valence-electron chi connectivity index (χ2n) is 8.28. The van der Waals surface area contributed by atoms with Gasteiger partial charge in [-0.3, -0.25) is 29.5 Å². The zero-order valence-electron chi connectivity index (χ0n) is 20.2. The quantitative estimate of drug-likeness (QED) is 0.369. The highest BCUT2D eigenvalue weighted by Crippen LogP contribution is 2.43. The summed E-state index contributed by atoms with van der Waals surface area (Å²) >= 11 is 2.78. The van der Waals surface area contributed by atoms with Gasteiger partial charge in [-0.2, -0.15) is 0 Å². The molecule has 2 N–H and O–H groups in total. The van der Waals surface area contributed by atoms with Crippen molar-refractivity contribution in [1.29, 1.82) is 0 Å². The monoisotopic (exact) mass is 538 g/mol. The predicted molar refractivity (Wildman–Crippen MR) is 143 cm³/mol. The molecule has 0 aromatic carbocycles. The molecule has 37 heavy (non-hydrogen) atoms. The van der Waals surface area contributed by atoms with Crippen molar-refractivity contribution in [1.82, 2.24) is 30.4 Å². The van der Waals surface area contributed by atoms with Crippen LogP contribution in [0, 0.1) is 0 Å². The molecule has 0 radical (unpaired) electrons. The standard InChI is InChI=1S/C23H26N10O2S2/c1-3-25-12-16(24-2)10-18(34)28-22-32-30-20(36-22)14-5-4-6-15(9-14)21-31-33-23(37-21)29-19(35)11-17-13-26-7-8-27-17/h3,7-8,12-15H,2,4-6,9-11H2,1H3,(H,28,32,34)(H,29,33,35)/b16-12-,25-3-/t14-,15-/m0/s1. The Morgan fingerprint density at radius 3 is 2.32 bits per heavy atom. The Labute approximate surface area is 221 Å². The van der Waals surface area contributed by atoms with Crippen molar-refractivity contribution in [2.45, 2.75) is 57.3 Å². The van der Waals surface area contributed by atoms with E-state index in [0.29, 0.717) is 21.7 Å². The van der Waals surface area contributed by atoms with E-state index in [2.05, 4.69) is 57.7 Å². The van der Waals surface area contributed by atoms with Gasteiger partial charge in [0.05, 0.1) is 24.2 Å². The molecule has 1 fully saturated rings. The van der Waals surface area contributed by atoms with Crippen LogP contribution in [-0.2, 0) is 16.0 Å². The average Bonchev–Trinajstić information content (AvgIpc) is 3.57. The first-order valence-corrected chi connectivity index (χ1v) is 13.3. The Bertz CT molecular complexity index is 1290. The van der Waals surface area contributed by atoms with Crippen molar-refractivity contribution >= 4 is 57.7 Å². The number of rotatable bonds is 10. The summed E-state index contributed by atoms with van der Waals surface area (Å²) in [5.74, 6) is -0.0337. The van der Waals surface area contributed by atoms with Gasteiger partial charge in [-0.1, -0.05) is 29.1 Å². The van der Waals surface area contributed by atoms with Crippen LogP contribution in [0.5, 0.6) is 0 Å². The maximum atomic E-state index is 12.3. The fraction of sp³-hybridized carbons (Fsp3) is 0.391. The summed E-state index contributed by atoms with van der Waals surface area (Å²) in [4.78, 5) is 40.5. The normalized spacial score (nSPS) is 18.0. The molecule has 2 atom stereocenters. The van der Waals surface area contributed by atoms with Gasteiger partial charge in [-0.05, 0) is 32.9 Å². The van der Waals surface area contributed by atoms with Gasteiger partial charge >= 0.3 is 0 Å². The average molecular weight is 539 g/mol. The lowest BCUT2D eigenvalue weighted by molar-refractivity contribution is -0.116. The van der Waals surface area contributed by atoms with Crippen LogP contribution in [0.2, 0.25) is 0 Å². The van der Waals surface area contributed by atoms with E-state index in [-0.39, 0.29) is 36.5 Å². The zero-order chi connectivity index (χ0) is 26.0. The SMILES string of the molecule is C=N/C(=C\N=C/C)CC(=O)Nc1nnc([C@H]2CCC[C@H](c3nnc(NC(=O)Cc4cnccn4)s3)C2)s1. The summed E-state index contributed by atoms with van der Waals surface area (Å²) in [6.07, 6.45) is 11.8. The first-order chi connectivity index (χ1) is 18.0. The molecular formula is C23H26N10O2S2. The number of nitrogens with one attached hydrogen (secondary N) is 2. The van der Waals surface area contributed by atoms with Gasteiger partial charge in [-0.25, -0.2) is 0 Å². The molecule has 1 aliphatic rings. The maximum absolute atomic E-state index is 12.3. The molecule has 14 heteroatoms. The van der Waals surface area contributed by atoms with Gasteiger partial charge in [-0.15, -0.1) is 20.4 Å². The van der Waals surface area contributed by atoms with E-state index in [1.54, 1.807) is 31.7 Å². The van der Waals surface area contributed by atoms with Crippen molar-refractivity contribution in [3.8, 4) is 0 Å². The highest BCUT2D eigenvalue weighted by atomic mass is 32.1. The van der Waals surface area contributed by atoms with E-state index >= 15 is 0 Å². The van der Waals surface area contributed by atoms with Gasteiger partial charge < -0.3 is 10.6 Å². The molecule has 12 nitrogen and oxygen atoms in total. The zero-order valence-corrected chi connectivity index (χ0v) is 21.8. The van der Waals surface area contributed by atoms with Gasteiger partial charge in [0.1, 0.15) is 10.0 Å². The summed E-state index contributed by atoms with van der Waals surface area (Å²) in [5, 5.41) is 25.3. The van der Waals surface area contributed by atoms with Crippen LogP contribution < -0.4 is 10.6 Å². The Morgan fingerprint density at radius 2 is 1.73 bits per heavy atom. The maximum Gasteiger partial charge on any atom is 0.232 e. The smallest absolute Gasteiger partial charge is 0.232 e. The molecule has 3 aromatic heterocycles. The minimum Gasteiger partial charge on any atom is -0.300 e. The molecule has 192 valence electrons. The van der Waals surface area contributed by atoms with Crippen molar-refractivity contribution in [2.24, 2.45) is 9.98 Å². The molecular weight excluding hydrogens is 512 g/mol.